The van der Waals surface area contributed by atoms with E-state index in [9.17, 15) is 5.11 Å². The van der Waals surface area contributed by atoms with E-state index in [-0.39, 0.29) is 0 Å². The molecule has 0 aromatic heterocycles. The molecule has 1 N–H and O–H groups in total. The van der Waals surface area contributed by atoms with Crippen LogP contribution in [0.25, 0.3) is 0 Å². The van der Waals surface area contributed by atoms with Crippen molar-refractivity contribution in [1.29, 1.82) is 0 Å². The normalized spacial score (nSPS) is 24.6. The first-order valence-corrected chi connectivity index (χ1v) is 7.74. The van der Waals surface area contributed by atoms with Gasteiger partial charge >= 0.3 is 0 Å². The molecule has 0 amide bonds. The van der Waals surface area contributed by atoms with E-state index in [2.05, 4.69) is 18.7 Å². The molecule has 1 aliphatic heterocycles. The van der Waals surface area contributed by atoms with Crippen molar-refractivity contribution >= 4 is 0 Å². The van der Waals surface area contributed by atoms with Gasteiger partial charge < -0.3 is 19.5 Å². The van der Waals surface area contributed by atoms with Crippen LogP contribution in [0.5, 0.6) is 11.5 Å². The van der Waals surface area contributed by atoms with Gasteiger partial charge in [0.15, 0.2) is 0 Å². The summed E-state index contributed by atoms with van der Waals surface area (Å²) in [7, 11) is 1.64. The fraction of sp³-hybridized carbons (Fsp3) is 0.647. The number of β-amino-alcohol motifs (C(OH)–C–C–N with tert-alkyl or cyclic N) is 1. The van der Waals surface area contributed by atoms with E-state index in [0.717, 1.165) is 24.6 Å². The third-order valence-corrected chi connectivity index (χ3v) is 3.92. The Balaban J connectivity index is 1.74. The molecule has 4 heteroatoms. The summed E-state index contributed by atoms with van der Waals surface area (Å²) in [6.07, 6.45) is 0.833. The van der Waals surface area contributed by atoms with Gasteiger partial charge in [-0.05, 0) is 42.5 Å². The molecule has 1 aromatic rings. The van der Waals surface area contributed by atoms with Gasteiger partial charge in [0.25, 0.3) is 0 Å². The Morgan fingerprint density at radius 2 is 1.71 bits per heavy atom. The number of hydrogen-bond acceptors (Lipinski definition) is 4. The third kappa shape index (κ3) is 5.21. The molecule has 0 spiro atoms. The summed E-state index contributed by atoms with van der Waals surface area (Å²) in [6, 6.07) is 7.43. The topological polar surface area (TPSA) is 41.9 Å². The maximum atomic E-state index is 10.1. The highest BCUT2D eigenvalue weighted by Crippen LogP contribution is 2.21. The number of aliphatic hydroxyl groups is 1. The maximum absolute atomic E-state index is 10.1. The van der Waals surface area contributed by atoms with Crippen molar-refractivity contribution < 1.29 is 14.6 Å². The summed E-state index contributed by atoms with van der Waals surface area (Å²) in [6.45, 7) is 7.72. The first-order valence-electron chi connectivity index (χ1n) is 7.74. The van der Waals surface area contributed by atoms with E-state index >= 15 is 0 Å². The van der Waals surface area contributed by atoms with Crippen molar-refractivity contribution in [3.05, 3.63) is 24.3 Å². The van der Waals surface area contributed by atoms with Gasteiger partial charge in [-0.1, -0.05) is 13.8 Å². The van der Waals surface area contributed by atoms with E-state index < -0.39 is 6.10 Å². The third-order valence-electron chi connectivity index (χ3n) is 3.92. The van der Waals surface area contributed by atoms with E-state index in [4.69, 9.17) is 9.47 Å². The zero-order valence-corrected chi connectivity index (χ0v) is 13.3. The van der Waals surface area contributed by atoms with Crippen LogP contribution in [0.15, 0.2) is 24.3 Å². The lowest BCUT2D eigenvalue weighted by Gasteiger charge is -2.35. The highest BCUT2D eigenvalue weighted by Gasteiger charge is 2.23. The molecule has 3 atom stereocenters. The Kier molecular flexibility index (Phi) is 5.88. The second kappa shape index (κ2) is 7.66. The number of benzene rings is 1. The minimum absolute atomic E-state index is 0.325. The summed E-state index contributed by atoms with van der Waals surface area (Å²) in [5.41, 5.74) is 0. The lowest BCUT2D eigenvalue weighted by Crippen LogP contribution is -2.43. The summed E-state index contributed by atoms with van der Waals surface area (Å²) >= 11 is 0. The average molecular weight is 293 g/mol. The molecule has 1 fully saturated rings. The van der Waals surface area contributed by atoms with Gasteiger partial charge in [-0.25, -0.2) is 0 Å². The summed E-state index contributed by atoms with van der Waals surface area (Å²) in [4.78, 5) is 2.35. The van der Waals surface area contributed by atoms with Crippen molar-refractivity contribution in [2.24, 2.45) is 11.8 Å². The van der Waals surface area contributed by atoms with Gasteiger partial charge in [-0.2, -0.15) is 0 Å². The molecule has 0 unspecified atom stereocenters. The SMILES string of the molecule is COc1ccc(OC[C@H](O)CN2C[C@@H](C)C[C@H](C)C2)cc1. The number of methoxy groups -OCH3 is 1. The molecule has 118 valence electrons. The highest BCUT2D eigenvalue weighted by molar-refractivity contribution is 5.31. The molecule has 1 saturated heterocycles. The molecule has 0 radical (unpaired) electrons. The number of aliphatic hydroxyl groups excluding tert-OH is 1. The van der Waals surface area contributed by atoms with Crippen molar-refractivity contribution in [2.75, 3.05) is 33.4 Å². The van der Waals surface area contributed by atoms with Crippen molar-refractivity contribution in [2.45, 2.75) is 26.4 Å². The van der Waals surface area contributed by atoms with Gasteiger partial charge in [0, 0.05) is 19.6 Å². The lowest BCUT2D eigenvalue weighted by molar-refractivity contribution is 0.0429. The lowest BCUT2D eigenvalue weighted by atomic mass is 9.92. The smallest absolute Gasteiger partial charge is 0.119 e. The van der Waals surface area contributed by atoms with E-state index in [1.54, 1.807) is 7.11 Å². The van der Waals surface area contributed by atoms with Crippen LogP contribution in [0, 0.1) is 11.8 Å². The highest BCUT2D eigenvalue weighted by atomic mass is 16.5. The Bertz CT molecular complexity index is 411. The van der Waals surface area contributed by atoms with E-state index in [0.29, 0.717) is 25.0 Å². The van der Waals surface area contributed by atoms with E-state index in [1.165, 1.54) is 6.42 Å². The van der Waals surface area contributed by atoms with Gasteiger partial charge in [-0.15, -0.1) is 0 Å². The van der Waals surface area contributed by atoms with Crippen LogP contribution in [0.3, 0.4) is 0 Å². The summed E-state index contributed by atoms with van der Waals surface area (Å²) in [5, 5.41) is 10.1. The predicted molar refractivity (Wildman–Crippen MR) is 83.9 cm³/mol. The summed E-state index contributed by atoms with van der Waals surface area (Å²) in [5.74, 6) is 2.99. The van der Waals surface area contributed by atoms with Crippen LogP contribution >= 0.6 is 0 Å². The van der Waals surface area contributed by atoms with Crippen LogP contribution in [0.2, 0.25) is 0 Å². The Labute approximate surface area is 127 Å². The van der Waals surface area contributed by atoms with Crippen molar-refractivity contribution in [1.82, 2.24) is 4.90 Å². The van der Waals surface area contributed by atoms with Gasteiger partial charge in [0.2, 0.25) is 0 Å². The average Bonchev–Trinajstić information content (AvgIpc) is 2.44. The number of rotatable bonds is 6. The quantitative estimate of drug-likeness (QED) is 0.874. The van der Waals surface area contributed by atoms with Crippen LogP contribution in [0.4, 0.5) is 0 Å². The zero-order valence-electron chi connectivity index (χ0n) is 13.3. The molecule has 4 nitrogen and oxygen atoms in total. The molecule has 0 bridgehead atoms. The minimum Gasteiger partial charge on any atom is -0.497 e. The Hall–Kier alpha value is -1.26. The maximum Gasteiger partial charge on any atom is 0.119 e. The van der Waals surface area contributed by atoms with Gasteiger partial charge in [-0.3, -0.25) is 0 Å². The molecule has 2 rings (SSSR count). The number of hydrogen-bond donors (Lipinski definition) is 1. The predicted octanol–water partition coefficient (Wildman–Crippen LogP) is 2.41. The Morgan fingerprint density at radius 1 is 1.14 bits per heavy atom. The van der Waals surface area contributed by atoms with Crippen LogP contribution in [-0.4, -0.2) is 49.5 Å². The molecule has 1 aromatic carbocycles. The zero-order chi connectivity index (χ0) is 15.2. The van der Waals surface area contributed by atoms with Crippen molar-refractivity contribution in [3.8, 4) is 11.5 Å². The monoisotopic (exact) mass is 293 g/mol. The van der Waals surface area contributed by atoms with Crippen LogP contribution in [-0.2, 0) is 0 Å². The second-order valence-electron chi connectivity index (χ2n) is 6.30. The number of piperidine rings is 1. The largest absolute Gasteiger partial charge is 0.497 e. The summed E-state index contributed by atoms with van der Waals surface area (Å²) < 4.78 is 10.7. The number of nitrogens with zero attached hydrogens (tertiary/aromatic N) is 1. The molecular weight excluding hydrogens is 266 g/mol. The molecule has 0 saturated carbocycles. The minimum atomic E-state index is -0.454. The van der Waals surface area contributed by atoms with Crippen LogP contribution < -0.4 is 9.47 Å². The number of likely N-dealkylation sites (tertiary alicyclic amines) is 1. The molecular formula is C17H27NO3. The first-order chi connectivity index (χ1) is 10.1. The number of ether oxygens (including phenoxy) is 2. The van der Waals surface area contributed by atoms with Crippen molar-refractivity contribution in [3.63, 3.8) is 0 Å². The molecule has 0 aliphatic carbocycles. The van der Waals surface area contributed by atoms with Gasteiger partial charge in [0.05, 0.1) is 7.11 Å². The fourth-order valence-corrected chi connectivity index (χ4v) is 3.16. The first kappa shape index (κ1) is 16.1. The second-order valence-corrected chi connectivity index (χ2v) is 6.30. The van der Waals surface area contributed by atoms with Gasteiger partial charge in [0.1, 0.15) is 24.2 Å². The molecule has 21 heavy (non-hydrogen) atoms. The molecule has 1 heterocycles. The molecule has 1 aliphatic rings. The van der Waals surface area contributed by atoms with Crippen LogP contribution in [0.1, 0.15) is 20.3 Å². The van der Waals surface area contributed by atoms with E-state index in [1.807, 2.05) is 24.3 Å². The Morgan fingerprint density at radius 3 is 2.29 bits per heavy atom. The standard InChI is InChI=1S/C17H27NO3/c1-13-8-14(2)10-18(9-13)11-15(19)12-21-17-6-4-16(20-3)5-7-17/h4-7,13-15,19H,8-12H2,1-3H3/t13-,14-,15+/m0/s1. The fourth-order valence-electron chi connectivity index (χ4n) is 3.16.